The van der Waals surface area contributed by atoms with Crippen molar-refractivity contribution in [2.24, 2.45) is 0 Å². The van der Waals surface area contributed by atoms with Crippen LogP contribution in [0.15, 0.2) is 30.5 Å². The number of rotatable bonds is 4. The maximum atomic E-state index is 9.35. The number of hydrogen-bond acceptors (Lipinski definition) is 4. The molecule has 0 bridgehead atoms. The Morgan fingerprint density at radius 3 is 2.60 bits per heavy atom. The van der Waals surface area contributed by atoms with E-state index in [2.05, 4.69) is 9.88 Å². The van der Waals surface area contributed by atoms with Crippen molar-refractivity contribution < 1.29 is 5.11 Å². The monoisotopic (exact) mass is 271 g/mol. The quantitative estimate of drug-likeness (QED) is 0.929. The molecule has 2 aromatic rings. The summed E-state index contributed by atoms with van der Waals surface area (Å²) in [7, 11) is 0. The highest BCUT2D eigenvalue weighted by molar-refractivity contribution is 5.75. The van der Waals surface area contributed by atoms with Gasteiger partial charge in [-0.1, -0.05) is 31.4 Å². The molecule has 0 amide bonds. The number of nitrogens with zero attached hydrogens (tertiary/aromatic N) is 3. The van der Waals surface area contributed by atoms with E-state index in [-0.39, 0.29) is 6.61 Å². The minimum atomic E-state index is 0.158. The van der Waals surface area contributed by atoms with Gasteiger partial charge in [-0.2, -0.15) is 0 Å². The summed E-state index contributed by atoms with van der Waals surface area (Å²) in [4.78, 5) is 11.4. The van der Waals surface area contributed by atoms with Crippen LogP contribution in [0.1, 0.15) is 32.1 Å². The van der Waals surface area contributed by atoms with Gasteiger partial charge in [0.15, 0.2) is 0 Å². The molecule has 1 saturated carbocycles. The second kappa shape index (κ2) is 6.18. The summed E-state index contributed by atoms with van der Waals surface area (Å²) < 4.78 is 0. The van der Waals surface area contributed by atoms with Gasteiger partial charge in [-0.3, -0.25) is 4.98 Å². The molecule has 1 heterocycles. The SMILES string of the molecule is OCCN(c1cnc2ccccc2n1)C1CCCCC1. The maximum Gasteiger partial charge on any atom is 0.148 e. The highest BCUT2D eigenvalue weighted by Crippen LogP contribution is 2.26. The Bertz CT molecular complexity index is 566. The van der Waals surface area contributed by atoms with E-state index in [9.17, 15) is 5.11 Å². The smallest absolute Gasteiger partial charge is 0.148 e. The summed E-state index contributed by atoms with van der Waals surface area (Å²) in [5.74, 6) is 0.893. The Hall–Kier alpha value is -1.68. The third-order valence-electron chi connectivity index (χ3n) is 4.09. The average molecular weight is 271 g/mol. The first-order valence-corrected chi connectivity index (χ1v) is 7.48. The molecule has 0 saturated heterocycles. The second-order valence-corrected chi connectivity index (χ2v) is 5.43. The Kier molecular flexibility index (Phi) is 4.11. The number of para-hydroxylation sites is 2. The summed E-state index contributed by atoms with van der Waals surface area (Å²) in [6.45, 7) is 0.794. The summed E-state index contributed by atoms with van der Waals surface area (Å²) in [5.41, 5.74) is 1.84. The molecule has 0 atom stereocenters. The zero-order valence-corrected chi connectivity index (χ0v) is 11.7. The lowest BCUT2D eigenvalue weighted by atomic mass is 9.94. The summed E-state index contributed by atoms with van der Waals surface area (Å²) in [6, 6.07) is 8.42. The first kappa shape index (κ1) is 13.3. The van der Waals surface area contributed by atoms with Gasteiger partial charge in [-0.15, -0.1) is 0 Å². The van der Waals surface area contributed by atoms with Gasteiger partial charge in [0.2, 0.25) is 0 Å². The van der Waals surface area contributed by atoms with Crippen LogP contribution in [0.5, 0.6) is 0 Å². The molecule has 1 aliphatic carbocycles. The normalized spacial score (nSPS) is 16.4. The molecule has 1 aromatic heterocycles. The van der Waals surface area contributed by atoms with Crippen molar-refractivity contribution in [1.29, 1.82) is 0 Å². The molecule has 1 N–H and O–H groups in total. The molecule has 20 heavy (non-hydrogen) atoms. The van der Waals surface area contributed by atoms with E-state index in [0.717, 1.165) is 16.9 Å². The van der Waals surface area contributed by atoms with Gasteiger partial charge >= 0.3 is 0 Å². The summed E-state index contributed by atoms with van der Waals surface area (Å²) >= 11 is 0. The van der Waals surface area contributed by atoms with Crippen LogP contribution in [-0.2, 0) is 0 Å². The van der Waals surface area contributed by atoms with Crippen LogP contribution in [0.2, 0.25) is 0 Å². The summed E-state index contributed by atoms with van der Waals surface area (Å²) in [5, 5.41) is 9.35. The lowest BCUT2D eigenvalue weighted by Crippen LogP contribution is -2.39. The van der Waals surface area contributed by atoms with Crippen LogP contribution < -0.4 is 4.90 Å². The minimum Gasteiger partial charge on any atom is -0.395 e. The largest absolute Gasteiger partial charge is 0.395 e. The van der Waals surface area contributed by atoms with Crippen LogP contribution in [0, 0.1) is 0 Å². The standard InChI is InChI=1S/C16H21N3O/c20-11-10-19(13-6-2-1-3-7-13)16-12-17-14-8-4-5-9-15(14)18-16/h4-5,8-9,12-13,20H,1-3,6-7,10-11H2. The highest BCUT2D eigenvalue weighted by atomic mass is 16.3. The topological polar surface area (TPSA) is 49.2 Å². The zero-order valence-electron chi connectivity index (χ0n) is 11.7. The Morgan fingerprint density at radius 1 is 1.10 bits per heavy atom. The molecule has 1 fully saturated rings. The number of fused-ring (bicyclic) bond motifs is 1. The second-order valence-electron chi connectivity index (χ2n) is 5.43. The van der Waals surface area contributed by atoms with Gasteiger partial charge in [-0.05, 0) is 25.0 Å². The van der Waals surface area contributed by atoms with Crippen molar-refractivity contribution in [3.8, 4) is 0 Å². The maximum absolute atomic E-state index is 9.35. The van der Waals surface area contributed by atoms with E-state index < -0.39 is 0 Å². The van der Waals surface area contributed by atoms with Gasteiger partial charge in [0.05, 0.1) is 23.8 Å². The first-order valence-electron chi connectivity index (χ1n) is 7.48. The lowest BCUT2D eigenvalue weighted by molar-refractivity contribution is 0.289. The van der Waals surface area contributed by atoms with Crippen LogP contribution in [0.4, 0.5) is 5.82 Å². The molecule has 0 unspecified atom stereocenters. The number of hydrogen-bond donors (Lipinski definition) is 1. The molecule has 3 rings (SSSR count). The molecular formula is C16H21N3O. The van der Waals surface area contributed by atoms with E-state index in [1.165, 1.54) is 32.1 Å². The molecule has 0 aliphatic heterocycles. The van der Waals surface area contributed by atoms with Gasteiger partial charge in [0.25, 0.3) is 0 Å². The van der Waals surface area contributed by atoms with Gasteiger partial charge < -0.3 is 10.0 Å². The molecule has 1 aromatic carbocycles. The predicted molar refractivity (Wildman–Crippen MR) is 80.8 cm³/mol. The van der Waals surface area contributed by atoms with Crippen LogP contribution in [0.3, 0.4) is 0 Å². The molecule has 1 aliphatic rings. The third kappa shape index (κ3) is 2.75. The molecule has 4 nitrogen and oxygen atoms in total. The molecular weight excluding hydrogens is 250 g/mol. The highest BCUT2D eigenvalue weighted by Gasteiger charge is 2.22. The number of anilines is 1. The molecule has 106 valence electrons. The van der Waals surface area contributed by atoms with Crippen LogP contribution in [-0.4, -0.2) is 34.3 Å². The van der Waals surface area contributed by atoms with E-state index in [1.807, 2.05) is 30.5 Å². The van der Waals surface area contributed by atoms with Crippen molar-refractivity contribution in [3.05, 3.63) is 30.5 Å². The van der Waals surface area contributed by atoms with E-state index in [1.54, 1.807) is 0 Å². The van der Waals surface area contributed by atoms with Crippen molar-refractivity contribution in [1.82, 2.24) is 9.97 Å². The van der Waals surface area contributed by atoms with Crippen LogP contribution in [0.25, 0.3) is 11.0 Å². The molecule has 0 radical (unpaired) electrons. The van der Waals surface area contributed by atoms with Crippen molar-refractivity contribution in [2.45, 2.75) is 38.1 Å². The van der Waals surface area contributed by atoms with E-state index >= 15 is 0 Å². The van der Waals surface area contributed by atoms with Gasteiger partial charge in [-0.25, -0.2) is 4.98 Å². The Labute approximate surface area is 119 Å². The third-order valence-corrected chi connectivity index (χ3v) is 4.09. The number of aliphatic hydroxyl groups excluding tert-OH is 1. The van der Waals surface area contributed by atoms with E-state index in [4.69, 9.17) is 4.98 Å². The molecule has 4 heteroatoms. The fourth-order valence-corrected chi connectivity index (χ4v) is 3.07. The minimum absolute atomic E-state index is 0.158. The Balaban J connectivity index is 1.91. The van der Waals surface area contributed by atoms with Crippen molar-refractivity contribution in [3.63, 3.8) is 0 Å². The molecule has 0 spiro atoms. The Morgan fingerprint density at radius 2 is 1.85 bits per heavy atom. The van der Waals surface area contributed by atoms with Crippen LogP contribution >= 0.6 is 0 Å². The summed E-state index contributed by atoms with van der Waals surface area (Å²) in [6.07, 6.45) is 8.09. The van der Waals surface area contributed by atoms with Crippen molar-refractivity contribution >= 4 is 16.9 Å². The number of aliphatic hydroxyl groups is 1. The fraction of sp³-hybridized carbons (Fsp3) is 0.500. The number of aromatic nitrogens is 2. The average Bonchev–Trinajstić information content (AvgIpc) is 2.53. The lowest BCUT2D eigenvalue weighted by Gasteiger charge is -2.34. The fourth-order valence-electron chi connectivity index (χ4n) is 3.07. The van der Waals surface area contributed by atoms with Crippen molar-refractivity contribution in [2.75, 3.05) is 18.1 Å². The zero-order chi connectivity index (χ0) is 13.8. The van der Waals surface area contributed by atoms with Gasteiger partial charge in [0.1, 0.15) is 5.82 Å². The van der Waals surface area contributed by atoms with Gasteiger partial charge in [0, 0.05) is 12.6 Å². The number of benzene rings is 1. The predicted octanol–water partition coefficient (Wildman–Crippen LogP) is 2.76. The first-order chi connectivity index (χ1) is 9.88. The van der Waals surface area contributed by atoms with E-state index in [0.29, 0.717) is 12.6 Å².